The first-order chi connectivity index (χ1) is 10.9. The van der Waals surface area contributed by atoms with E-state index in [1.165, 1.54) is 24.3 Å². The third kappa shape index (κ3) is 5.07. The van der Waals surface area contributed by atoms with E-state index in [0.717, 1.165) is 23.3 Å². The van der Waals surface area contributed by atoms with Crippen LogP contribution in [0.5, 0.6) is 0 Å². The Morgan fingerprint density at radius 2 is 1.35 bits per heavy atom. The van der Waals surface area contributed by atoms with Crippen LogP contribution in [0.3, 0.4) is 0 Å². The minimum absolute atomic E-state index is 0.383. The number of anilines is 2. The van der Waals surface area contributed by atoms with Crippen LogP contribution in [-0.4, -0.2) is 11.8 Å². The molecule has 0 aromatic heterocycles. The summed E-state index contributed by atoms with van der Waals surface area (Å²) in [6.45, 7) is 3.94. The summed E-state index contributed by atoms with van der Waals surface area (Å²) in [6.07, 6.45) is 2.27. The second kappa shape index (κ2) is 7.35. The smallest absolute Gasteiger partial charge is 0.248 e. The lowest BCUT2D eigenvalue weighted by Gasteiger charge is -2.05. The zero-order chi connectivity index (χ0) is 16.8. The largest absolute Gasteiger partial charge is 0.323 e. The van der Waals surface area contributed by atoms with Crippen molar-refractivity contribution in [3.63, 3.8) is 0 Å². The second-order valence-electron chi connectivity index (χ2n) is 5.12. The van der Waals surface area contributed by atoms with Gasteiger partial charge in [-0.25, -0.2) is 4.39 Å². The zero-order valence-electron chi connectivity index (χ0n) is 12.9. The van der Waals surface area contributed by atoms with E-state index in [9.17, 15) is 14.0 Å². The maximum Gasteiger partial charge on any atom is 0.248 e. The fourth-order valence-corrected chi connectivity index (χ4v) is 1.87. The molecule has 2 aromatic carbocycles. The van der Waals surface area contributed by atoms with Crippen LogP contribution in [0.1, 0.15) is 11.1 Å². The van der Waals surface area contributed by atoms with Gasteiger partial charge in [0.05, 0.1) is 0 Å². The van der Waals surface area contributed by atoms with Gasteiger partial charge in [-0.1, -0.05) is 6.07 Å². The molecule has 0 unspecified atom stereocenters. The van der Waals surface area contributed by atoms with E-state index in [2.05, 4.69) is 10.6 Å². The molecule has 2 N–H and O–H groups in total. The van der Waals surface area contributed by atoms with Gasteiger partial charge in [0.1, 0.15) is 5.82 Å². The van der Waals surface area contributed by atoms with Gasteiger partial charge in [0.15, 0.2) is 0 Å². The first kappa shape index (κ1) is 16.4. The summed E-state index contributed by atoms with van der Waals surface area (Å²) in [4.78, 5) is 23.5. The van der Waals surface area contributed by atoms with Gasteiger partial charge in [0.2, 0.25) is 11.8 Å². The van der Waals surface area contributed by atoms with Gasteiger partial charge in [0, 0.05) is 23.5 Å². The summed E-state index contributed by atoms with van der Waals surface area (Å²) in [5, 5.41) is 5.21. The van der Waals surface area contributed by atoms with E-state index >= 15 is 0 Å². The van der Waals surface area contributed by atoms with E-state index in [0.29, 0.717) is 11.4 Å². The Morgan fingerprint density at radius 3 is 1.91 bits per heavy atom. The standard InChI is InChI=1S/C18H17FN2O2/c1-12-3-6-16(11-13(12)2)21-18(23)10-9-17(22)20-15-7-4-14(19)5-8-15/h3-11H,1-2H3,(H,20,22)(H,21,23)/b10-9-. The highest BCUT2D eigenvalue weighted by Crippen LogP contribution is 2.14. The first-order valence-electron chi connectivity index (χ1n) is 7.07. The van der Waals surface area contributed by atoms with Crippen LogP contribution < -0.4 is 10.6 Å². The second-order valence-corrected chi connectivity index (χ2v) is 5.12. The third-order valence-electron chi connectivity index (χ3n) is 3.27. The molecule has 0 aliphatic carbocycles. The Morgan fingerprint density at radius 1 is 0.826 bits per heavy atom. The molecule has 2 amide bonds. The number of nitrogens with one attached hydrogen (secondary N) is 2. The molecule has 0 aliphatic heterocycles. The van der Waals surface area contributed by atoms with Crippen LogP contribution in [0.2, 0.25) is 0 Å². The average Bonchev–Trinajstić information content (AvgIpc) is 2.51. The van der Waals surface area contributed by atoms with Crippen molar-refractivity contribution in [2.24, 2.45) is 0 Å². The van der Waals surface area contributed by atoms with E-state index in [-0.39, 0.29) is 5.82 Å². The number of hydrogen-bond donors (Lipinski definition) is 2. The summed E-state index contributed by atoms with van der Waals surface area (Å²) < 4.78 is 12.8. The Labute approximate surface area is 134 Å². The molecule has 4 nitrogen and oxygen atoms in total. The van der Waals surface area contributed by atoms with Gasteiger partial charge >= 0.3 is 0 Å². The molecule has 2 rings (SSSR count). The van der Waals surface area contributed by atoms with Gasteiger partial charge in [-0.2, -0.15) is 0 Å². The summed E-state index contributed by atoms with van der Waals surface area (Å²) in [7, 11) is 0. The molecular formula is C18H17FN2O2. The molecule has 0 spiro atoms. The van der Waals surface area contributed by atoms with Crippen LogP contribution in [0.25, 0.3) is 0 Å². The summed E-state index contributed by atoms with van der Waals surface area (Å²) in [6, 6.07) is 10.9. The van der Waals surface area contributed by atoms with E-state index in [1.54, 1.807) is 6.07 Å². The molecular weight excluding hydrogens is 295 g/mol. The molecule has 2 aromatic rings. The lowest BCUT2D eigenvalue weighted by molar-refractivity contribution is -0.114. The molecule has 0 radical (unpaired) electrons. The first-order valence-corrected chi connectivity index (χ1v) is 7.07. The van der Waals surface area contributed by atoms with Crippen LogP contribution in [-0.2, 0) is 9.59 Å². The van der Waals surface area contributed by atoms with Crippen molar-refractivity contribution in [2.75, 3.05) is 10.6 Å². The number of benzene rings is 2. The van der Waals surface area contributed by atoms with Crippen molar-refractivity contribution in [3.8, 4) is 0 Å². The maximum atomic E-state index is 12.8. The quantitative estimate of drug-likeness (QED) is 0.848. The molecule has 23 heavy (non-hydrogen) atoms. The zero-order valence-corrected chi connectivity index (χ0v) is 12.9. The number of halogens is 1. The fraction of sp³-hybridized carbons (Fsp3) is 0.111. The Hall–Kier alpha value is -2.95. The molecule has 118 valence electrons. The van der Waals surface area contributed by atoms with Crippen LogP contribution in [0.15, 0.2) is 54.6 Å². The fourth-order valence-electron chi connectivity index (χ4n) is 1.87. The third-order valence-corrected chi connectivity index (χ3v) is 3.27. The minimum Gasteiger partial charge on any atom is -0.323 e. The summed E-state index contributed by atoms with van der Waals surface area (Å²) >= 11 is 0. The average molecular weight is 312 g/mol. The van der Waals surface area contributed by atoms with Crippen molar-refractivity contribution in [1.29, 1.82) is 0 Å². The topological polar surface area (TPSA) is 58.2 Å². The predicted molar refractivity (Wildman–Crippen MR) is 88.7 cm³/mol. The van der Waals surface area contributed by atoms with E-state index in [4.69, 9.17) is 0 Å². The number of hydrogen-bond acceptors (Lipinski definition) is 2. The lowest BCUT2D eigenvalue weighted by Crippen LogP contribution is -2.12. The van der Waals surface area contributed by atoms with E-state index in [1.807, 2.05) is 26.0 Å². The van der Waals surface area contributed by atoms with Crippen LogP contribution in [0, 0.1) is 19.7 Å². The van der Waals surface area contributed by atoms with Crippen molar-refractivity contribution >= 4 is 23.2 Å². The number of carbonyl (C=O) groups is 2. The number of aryl methyl sites for hydroxylation is 2. The number of carbonyl (C=O) groups excluding carboxylic acids is 2. The van der Waals surface area contributed by atoms with Gasteiger partial charge < -0.3 is 10.6 Å². The SMILES string of the molecule is Cc1ccc(NC(=O)/C=C\C(=O)Nc2ccc(F)cc2)cc1C. The van der Waals surface area contributed by atoms with Crippen LogP contribution >= 0.6 is 0 Å². The highest BCUT2D eigenvalue weighted by Gasteiger charge is 2.02. The van der Waals surface area contributed by atoms with Crippen molar-refractivity contribution in [2.45, 2.75) is 13.8 Å². The van der Waals surface area contributed by atoms with Crippen molar-refractivity contribution < 1.29 is 14.0 Å². The van der Waals surface area contributed by atoms with Crippen molar-refractivity contribution in [3.05, 3.63) is 71.6 Å². The normalized spacial score (nSPS) is 10.6. The molecule has 0 bridgehead atoms. The van der Waals surface area contributed by atoms with Gasteiger partial charge in [-0.3, -0.25) is 9.59 Å². The highest BCUT2D eigenvalue weighted by molar-refractivity contribution is 6.06. The molecule has 0 aliphatic rings. The van der Waals surface area contributed by atoms with Gasteiger partial charge in [0.25, 0.3) is 0 Å². The molecule has 0 heterocycles. The molecule has 0 fully saturated rings. The van der Waals surface area contributed by atoms with E-state index < -0.39 is 11.8 Å². The summed E-state index contributed by atoms with van der Waals surface area (Å²) in [5.41, 5.74) is 3.33. The number of amides is 2. The van der Waals surface area contributed by atoms with Crippen molar-refractivity contribution in [1.82, 2.24) is 0 Å². The molecule has 0 atom stereocenters. The lowest BCUT2D eigenvalue weighted by atomic mass is 10.1. The highest BCUT2D eigenvalue weighted by atomic mass is 19.1. The molecule has 0 saturated heterocycles. The van der Waals surface area contributed by atoms with Crippen LogP contribution in [0.4, 0.5) is 15.8 Å². The maximum absolute atomic E-state index is 12.8. The molecule has 5 heteroatoms. The Kier molecular flexibility index (Phi) is 5.25. The summed E-state index contributed by atoms with van der Waals surface area (Å²) in [5.74, 6) is -1.25. The van der Waals surface area contributed by atoms with Gasteiger partial charge in [-0.05, 0) is 61.4 Å². The minimum atomic E-state index is -0.466. The Balaban J connectivity index is 1.90. The van der Waals surface area contributed by atoms with Gasteiger partial charge in [-0.15, -0.1) is 0 Å². The Bertz CT molecular complexity index is 752. The monoisotopic (exact) mass is 312 g/mol. The molecule has 0 saturated carbocycles. The predicted octanol–water partition coefficient (Wildman–Crippen LogP) is 3.58. The number of rotatable bonds is 4.